The number of nitrogens with zero attached hydrogens (tertiary/aromatic N) is 3. The number of sulfonamides is 1. The van der Waals surface area contributed by atoms with E-state index in [1.54, 1.807) is 0 Å². The third-order valence-electron chi connectivity index (χ3n) is 5.32. The summed E-state index contributed by atoms with van der Waals surface area (Å²) in [5, 5.41) is 2.59. The topological polar surface area (TPSA) is 111 Å². The molecule has 0 bridgehead atoms. The molecular weight excluding hydrogens is 432 g/mol. The number of esters is 1. The van der Waals surface area contributed by atoms with Crippen molar-refractivity contribution < 1.29 is 22.7 Å². The van der Waals surface area contributed by atoms with Gasteiger partial charge in [0.1, 0.15) is 5.82 Å². The molecule has 1 saturated heterocycles. The van der Waals surface area contributed by atoms with Crippen LogP contribution < -0.4 is 5.32 Å². The van der Waals surface area contributed by atoms with Gasteiger partial charge in [-0.05, 0) is 43.7 Å². The van der Waals surface area contributed by atoms with Gasteiger partial charge in [-0.3, -0.25) is 4.79 Å². The number of carbonyl (C=O) groups excluding carboxylic acids is 2. The molecule has 3 aromatic rings. The lowest BCUT2D eigenvalue weighted by Crippen LogP contribution is -2.49. The first-order valence-electron chi connectivity index (χ1n) is 10.3. The summed E-state index contributed by atoms with van der Waals surface area (Å²) in [5.41, 5.74) is 2.10. The fraction of sp³-hybridized carbons (Fsp3) is 0.318. The molecule has 0 saturated carbocycles. The lowest BCUT2D eigenvalue weighted by molar-refractivity contribution is -0.122. The van der Waals surface area contributed by atoms with Crippen molar-refractivity contribution in [1.29, 1.82) is 0 Å². The third kappa shape index (κ3) is 4.51. The Kier molecular flexibility index (Phi) is 6.24. The van der Waals surface area contributed by atoms with Gasteiger partial charge < -0.3 is 14.6 Å². The summed E-state index contributed by atoms with van der Waals surface area (Å²) in [5.74, 6) is -0.0521. The highest BCUT2D eigenvalue weighted by Gasteiger charge is 2.29. The highest BCUT2D eigenvalue weighted by molar-refractivity contribution is 7.89. The zero-order chi connectivity index (χ0) is 22.7. The number of piperazine rings is 1. The first kappa shape index (κ1) is 22.0. The third-order valence-corrected chi connectivity index (χ3v) is 7.16. The summed E-state index contributed by atoms with van der Waals surface area (Å²) in [7, 11) is -3.88. The number of fused-ring (bicyclic) bond motifs is 1. The molecule has 0 spiro atoms. The number of nitrogens with one attached hydrogen (secondary N) is 1. The maximum Gasteiger partial charge on any atom is 0.338 e. The van der Waals surface area contributed by atoms with Gasteiger partial charge >= 0.3 is 5.97 Å². The van der Waals surface area contributed by atoms with Crippen LogP contribution in [0.2, 0.25) is 0 Å². The Hall–Kier alpha value is -3.24. The number of hydrogen-bond donors (Lipinski definition) is 1. The van der Waals surface area contributed by atoms with Gasteiger partial charge in [-0.25, -0.2) is 18.2 Å². The van der Waals surface area contributed by atoms with Gasteiger partial charge in [0.25, 0.3) is 0 Å². The summed E-state index contributed by atoms with van der Waals surface area (Å²) in [4.78, 5) is 28.5. The molecule has 1 aromatic heterocycles. The lowest BCUT2D eigenvalue weighted by Gasteiger charge is -2.26. The van der Waals surface area contributed by atoms with Crippen molar-refractivity contribution in [1.82, 2.24) is 19.2 Å². The summed E-state index contributed by atoms with van der Waals surface area (Å²) >= 11 is 0. The van der Waals surface area contributed by atoms with Crippen molar-refractivity contribution >= 4 is 32.9 Å². The molecule has 1 amide bonds. The van der Waals surface area contributed by atoms with E-state index < -0.39 is 16.0 Å². The standard InChI is InChI=1S/C22H24N4O5S/c1-16-24-19-8-2-3-9-20(19)26(16)11-5-13-31-22(28)17-6-4-7-18(14-17)32(29,30)25-12-10-23-21(27)15-25/h2-4,6-9,14H,5,10-13,15H2,1H3,(H,23,27). The van der Waals surface area contributed by atoms with Gasteiger partial charge in [0.2, 0.25) is 15.9 Å². The normalized spacial score (nSPS) is 15.0. The van der Waals surface area contributed by atoms with E-state index in [2.05, 4.69) is 14.9 Å². The van der Waals surface area contributed by atoms with Gasteiger partial charge in [0.05, 0.1) is 34.6 Å². The molecule has 2 aromatic carbocycles. The molecule has 1 fully saturated rings. The number of aromatic nitrogens is 2. The number of rotatable bonds is 7. The summed E-state index contributed by atoms with van der Waals surface area (Å²) in [6.45, 7) is 2.97. The molecule has 0 aliphatic carbocycles. The molecule has 168 valence electrons. The first-order chi connectivity index (χ1) is 15.4. The predicted molar refractivity (Wildman–Crippen MR) is 118 cm³/mol. The fourth-order valence-electron chi connectivity index (χ4n) is 3.70. The van der Waals surface area contributed by atoms with Crippen molar-refractivity contribution in [2.45, 2.75) is 24.8 Å². The van der Waals surface area contributed by atoms with Crippen LogP contribution in [-0.4, -0.2) is 60.4 Å². The molecule has 0 radical (unpaired) electrons. The van der Waals surface area contributed by atoms with Crippen LogP contribution in [0.3, 0.4) is 0 Å². The van der Waals surface area contributed by atoms with Crippen molar-refractivity contribution in [3.63, 3.8) is 0 Å². The molecule has 1 aliphatic rings. The fourth-order valence-corrected chi connectivity index (χ4v) is 5.15. The van der Waals surface area contributed by atoms with Crippen LogP contribution >= 0.6 is 0 Å². The van der Waals surface area contributed by atoms with Crippen LogP contribution in [0.25, 0.3) is 11.0 Å². The highest BCUT2D eigenvalue weighted by Crippen LogP contribution is 2.19. The summed E-state index contributed by atoms with van der Waals surface area (Å²) in [6, 6.07) is 13.6. The van der Waals surface area contributed by atoms with E-state index >= 15 is 0 Å². The van der Waals surface area contributed by atoms with E-state index in [0.717, 1.165) is 21.2 Å². The van der Waals surface area contributed by atoms with Crippen LogP contribution in [0.1, 0.15) is 22.6 Å². The molecule has 2 heterocycles. The lowest BCUT2D eigenvalue weighted by atomic mass is 10.2. The monoisotopic (exact) mass is 456 g/mol. The van der Waals surface area contributed by atoms with Crippen molar-refractivity contribution in [3.8, 4) is 0 Å². The van der Waals surface area contributed by atoms with Crippen LogP contribution in [0.15, 0.2) is 53.4 Å². The second-order valence-corrected chi connectivity index (χ2v) is 9.44. The quantitative estimate of drug-likeness (QED) is 0.428. The minimum Gasteiger partial charge on any atom is -0.462 e. The number of ether oxygens (including phenoxy) is 1. The maximum absolute atomic E-state index is 12.8. The molecule has 4 rings (SSSR count). The Morgan fingerprint density at radius 3 is 2.81 bits per heavy atom. The van der Waals surface area contributed by atoms with E-state index in [-0.39, 0.29) is 42.6 Å². The van der Waals surface area contributed by atoms with E-state index in [0.29, 0.717) is 13.0 Å². The molecule has 0 atom stereocenters. The van der Waals surface area contributed by atoms with Crippen LogP contribution in [0, 0.1) is 6.92 Å². The zero-order valence-electron chi connectivity index (χ0n) is 17.7. The van der Waals surface area contributed by atoms with Crippen LogP contribution in [-0.2, 0) is 26.1 Å². The Labute approximate surface area is 186 Å². The molecule has 10 heteroatoms. The van der Waals surface area contributed by atoms with Gasteiger partial charge in [-0.15, -0.1) is 0 Å². The van der Waals surface area contributed by atoms with E-state index in [1.165, 1.54) is 24.3 Å². The van der Waals surface area contributed by atoms with Gasteiger partial charge in [0.15, 0.2) is 0 Å². The van der Waals surface area contributed by atoms with Crippen LogP contribution in [0.5, 0.6) is 0 Å². The van der Waals surface area contributed by atoms with Gasteiger partial charge in [-0.2, -0.15) is 4.31 Å². The Morgan fingerprint density at radius 1 is 1.19 bits per heavy atom. The van der Waals surface area contributed by atoms with Gasteiger partial charge in [0, 0.05) is 19.6 Å². The second kappa shape index (κ2) is 9.09. The number of benzene rings is 2. The number of hydrogen-bond acceptors (Lipinski definition) is 6. The minimum absolute atomic E-state index is 0.0397. The largest absolute Gasteiger partial charge is 0.462 e. The highest BCUT2D eigenvalue weighted by atomic mass is 32.2. The Bertz CT molecular complexity index is 1270. The van der Waals surface area contributed by atoms with Crippen molar-refractivity contribution in [3.05, 3.63) is 59.9 Å². The SMILES string of the molecule is Cc1nc2ccccc2n1CCCOC(=O)c1cccc(S(=O)(=O)N2CCNC(=O)C2)c1. The van der Waals surface area contributed by atoms with E-state index in [9.17, 15) is 18.0 Å². The van der Waals surface area contributed by atoms with E-state index in [4.69, 9.17) is 4.74 Å². The number of carbonyl (C=O) groups is 2. The average Bonchev–Trinajstić information content (AvgIpc) is 3.11. The molecule has 0 unspecified atom stereocenters. The maximum atomic E-state index is 12.8. The molecule has 1 aliphatic heterocycles. The molecule has 1 N–H and O–H groups in total. The summed E-state index contributed by atoms with van der Waals surface area (Å²) in [6.07, 6.45) is 0.591. The Balaban J connectivity index is 1.38. The Morgan fingerprint density at radius 2 is 2.00 bits per heavy atom. The van der Waals surface area contributed by atoms with Crippen molar-refractivity contribution in [2.24, 2.45) is 0 Å². The molecule has 32 heavy (non-hydrogen) atoms. The molecule has 9 nitrogen and oxygen atoms in total. The van der Waals surface area contributed by atoms with Gasteiger partial charge in [-0.1, -0.05) is 18.2 Å². The van der Waals surface area contributed by atoms with Crippen molar-refractivity contribution in [2.75, 3.05) is 26.2 Å². The minimum atomic E-state index is -3.88. The molecular formula is C22H24N4O5S. The number of imidazole rings is 1. The number of aryl methyl sites for hydroxylation is 2. The van der Waals surface area contributed by atoms with Crippen LogP contribution in [0.4, 0.5) is 0 Å². The number of amides is 1. The number of para-hydroxylation sites is 2. The second-order valence-electron chi connectivity index (χ2n) is 7.51. The first-order valence-corrected chi connectivity index (χ1v) is 11.8. The summed E-state index contributed by atoms with van der Waals surface area (Å²) < 4.78 is 34.2. The predicted octanol–water partition coefficient (Wildman–Crippen LogP) is 1.71. The smallest absolute Gasteiger partial charge is 0.338 e. The van der Waals surface area contributed by atoms with E-state index in [1.807, 2.05) is 31.2 Å². The zero-order valence-corrected chi connectivity index (χ0v) is 18.5. The average molecular weight is 457 g/mol.